The van der Waals surface area contributed by atoms with Crippen LogP contribution in [0.1, 0.15) is 45.2 Å². The van der Waals surface area contributed by atoms with Crippen molar-refractivity contribution in [3.05, 3.63) is 54.1 Å². The molecule has 0 aromatic heterocycles. The van der Waals surface area contributed by atoms with E-state index in [9.17, 15) is 0 Å². The van der Waals surface area contributed by atoms with E-state index in [1.165, 1.54) is 37.2 Å². The number of rotatable bonds is 6. The Bertz CT molecular complexity index is 737. The number of nitrogens with zero attached hydrogens (tertiary/aromatic N) is 1. The highest BCUT2D eigenvalue weighted by molar-refractivity contribution is 7.80. The molecule has 0 aliphatic carbocycles. The van der Waals surface area contributed by atoms with Gasteiger partial charge >= 0.3 is 0 Å². The van der Waals surface area contributed by atoms with Gasteiger partial charge in [0.2, 0.25) is 0 Å². The fourth-order valence-electron chi connectivity index (χ4n) is 3.29. The van der Waals surface area contributed by atoms with Gasteiger partial charge in [0.25, 0.3) is 0 Å². The Morgan fingerprint density at radius 2 is 1.59 bits per heavy atom. The van der Waals surface area contributed by atoms with Crippen LogP contribution in [0, 0.1) is 0 Å². The quantitative estimate of drug-likeness (QED) is 0.677. The number of ether oxygens (including phenoxy) is 1. The normalized spacial score (nSPS) is 14.9. The van der Waals surface area contributed by atoms with Crippen molar-refractivity contribution in [3.8, 4) is 5.75 Å². The van der Waals surface area contributed by atoms with Crippen molar-refractivity contribution in [3.63, 3.8) is 0 Å². The molecule has 0 amide bonds. The third-order valence-electron chi connectivity index (χ3n) is 4.70. The summed E-state index contributed by atoms with van der Waals surface area (Å²) < 4.78 is 5.66. The summed E-state index contributed by atoms with van der Waals surface area (Å²) in [5.41, 5.74) is 3.48. The Kier molecular flexibility index (Phi) is 6.56. The zero-order valence-electron chi connectivity index (χ0n) is 16.4. The first kappa shape index (κ1) is 19.5. The van der Waals surface area contributed by atoms with E-state index >= 15 is 0 Å². The third kappa shape index (κ3) is 5.60. The lowest BCUT2D eigenvalue weighted by Crippen LogP contribution is -2.30. The monoisotopic (exact) mass is 383 g/mol. The smallest absolute Gasteiger partial charge is 0.171 e. The first-order valence-corrected chi connectivity index (χ1v) is 10.1. The lowest BCUT2D eigenvalue weighted by atomic mass is 10.1. The maximum atomic E-state index is 5.66. The van der Waals surface area contributed by atoms with Gasteiger partial charge in [0.05, 0.1) is 12.1 Å². The van der Waals surface area contributed by atoms with Crippen LogP contribution in [-0.2, 0) is 0 Å². The zero-order valence-corrected chi connectivity index (χ0v) is 17.2. The number of thiocarbonyl (C=S) groups is 1. The summed E-state index contributed by atoms with van der Waals surface area (Å²) in [4.78, 5) is 2.45. The minimum Gasteiger partial charge on any atom is -0.491 e. The molecule has 0 saturated carbocycles. The molecular formula is C22H29N3OS. The summed E-state index contributed by atoms with van der Waals surface area (Å²) in [5, 5.41) is 7.21. The van der Waals surface area contributed by atoms with E-state index in [-0.39, 0.29) is 12.1 Å². The van der Waals surface area contributed by atoms with Gasteiger partial charge in [0, 0.05) is 24.5 Å². The van der Waals surface area contributed by atoms with Crippen LogP contribution in [0.25, 0.3) is 0 Å². The molecule has 1 aliphatic heterocycles. The first-order chi connectivity index (χ1) is 13.0. The molecule has 3 rings (SSSR count). The van der Waals surface area contributed by atoms with Crippen LogP contribution < -0.4 is 20.3 Å². The minimum atomic E-state index is 0.140. The lowest BCUT2D eigenvalue weighted by molar-refractivity contribution is 0.242. The molecule has 144 valence electrons. The Labute approximate surface area is 167 Å². The third-order valence-corrected chi connectivity index (χ3v) is 4.92. The van der Waals surface area contributed by atoms with Crippen LogP contribution in [-0.4, -0.2) is 24.3 Å². The summed E-state index contributed by atoms with van der Waals surface area (Å²) in [5.74, 6) is 0.862. The predicted molar refractivity (Wildman–Crippen MR) is 118 cm³/mol. The molecule has 1 atom stereocenters. The molecule has 1 heterocycles. The predicted octanol–water partition coefficient (Wildman–Crippen LogP) is 5.12. The van der Waals surface area contributed by atoms with E-state index in [2.05, 4.69) is 46.7 Å². The summed E-state index contributed by atoms with van der Waals surface area (Å²) >= 11 is 5.47. The molecule has 1 unspecified atom stereocenters. The van der Waals surface area contributed by atoms with Gasteiger partial charge in [-0.15, -0.1) is 0 Å². The molecule has 2 aromatic carbocycles. The highest BCUT2D eigenvalue weighted by Gasteiger charge is 2.13. The maximum Gasteiger partial charge on any atom is 0.171 e. The van der Waals surface area contributed by atoms with Crippen molar-refractivity contribution >= 4 is 28.7 Å². The highest BCUT2D eigenvalue weighted by atomic mass is 32.1. The summed E-state index contributed by atoms with van der Waals surface area (Å²) in [7, 11) is 0. The van der Waals surface area contributed by atoms with Gasteiger partial charge < -0.3 is 20.3 Å². The fraction of sp³-hybridized carbons (Fsp3) is 0.409. The number of benzene rings is 2. The van der Waals surface area contributed by atoms with E-state index in [0.29, 0.717) is 5.11 Å². The molecule has 0 spiro atoms. The van der Waals surface area contributed by atoms with E-state index in [4.69, 9.17) is 17.0 Å². The van der Waals surface area contributed by atoms with Gasteiger partial charge in [-0.05, 0) is 87.8 Å². The molecule has 27 heavy (non-hydrogen) atoms. The Balaban J connectivity index is 1.52. The molecule has 5 heteroatoms. The summed E-state index contributed by atoms with van der Waals surface area (Å²) in [6.07, 6.45) is 2.76. The van der Waals surface area contributed by atoms with Crippen molar-refractivity contribution in [1.29, 1.82) is 0 Å². The van der Waals surface area contributed by atoms with E-state index in [0.717, 1.165) is 11.4 Å². The molecule has 1 aliphatic rings. The largest absolute Gasteiger partial charge is 0.491 e. The molecular weight excluding hydrogens is 354 g/mol. The first-order valence-electron chi connectivity index (χ1n) is 9.70. The van der Waals surface area contributed by atoms with E-state index in [1.807, 2.05) is 38.1 Å². The maximum absolute atomic E-state index is 5.66. The average Bonchev–Trinajstić information content (AvgIpc) is 3.18. The van der Waals surface area contributed by atoms with Gasteiger partial charge in [0.15, 0.2) is 5.11 Å². The van der Waals surface area contributed by atoms with Gasteiger partial charge in [-0.25, -0.2) is 0 Å². The van der Waals surface area contributed by atoms with Gasteiger partial charge in [-0.2, -0.15) is 0 Å². The van der Waals surface area contributed by atoms with Gasteiger partial charge in [-0.3, -0.25) is 0 Å². The zero-order chi connectivity index (χ0) is 19.2. The van der Waals surface area contributed by atoms with Crippen LogP contribution in [0.15, 0.2) is 48.5 Å². The molecule has 2 aromatic rings. The Morgan fingerprint density at radius 1 is 0.963 bits per heavy atom. The van der Waals surface area contributed by atoms with Crippen LogP contribution in [0.5, 0.6) is 5.75 Å². The number of anilines is 2. The van der Waals surface area contributed by atoms with Crippen molar-refractivity contribution in [2.24, 2.45) is 0 Å². The minimum absolute atomic E-state index is 0.140. The molecule has 1 fully saturated rings. The molecule has 0 radical (unpaired) electrons. The van der Waals surface area contributed by atoms with Gasteiger partial charge in [0.1, 0.15) is 5.75 Å². The van der Waals surface area contributed by atoms with E-state index in [1.54, 1.807) is 0 Å². The Hall–Kier alpha value is -2.27. The standard InChI is InChI=1S/C22H29N3OS/c1-16(2)26-21-12-8-19(9-13-21)24-22(27)23-17(3)18-6-10-20(11-7-18)25-14-4-5-15-25/h6-13,16-17H,4-5,14-15H2,1-3H3,(H2,23,24,27). The van der Waals surface area contributed by atoms with Crippen molar-refractivity contribution < 1.29 is 4.74 Å². The van der Waals surface area contributed by atoms with Crippen LogP contribution in [0.3, 0.4) is 0 Å². The highest BCUT2D eigenvalue weighted by Crippen LogP contribution is 2.23. The van der Waals surface area contributed by atoms with Crippen LogP contribution >= 0.6 is 12.2 Å². The lowest BCUT2D eigenvalue weighted by Gasteiger charge is -2.20. The number of hydrogen-bond acceptors (Lipinski definition) is 3. The van der Waals surface area contributed by atoms with Crippen molar-refractivity contribution in [2.45, 2.75) is 45.8 Å². The second-order valence-corrected chi connectivity index (χ2v) is 7.71. The van der Waals surface area contributed by atoms with Crippen LogP contribution in [0.4, 0.5) is 11.4 Å². The summed E-state index contributed by atoms with van der Waals surface area (Å²) in [6.45, 7) is 8.50. The SMILES string of the molecule is CC(C)Oc1ccc(NC(=S)NC(C)c2ccc(N3CCCC3)cc2)cc1. The van der Waals surface area contributed by atoms with Crippen molar-refractivity contribution in [2.75, 3.05) is 23.3 Å². The second kappa shape index (κ2) is 9.09. The molecule has 4 nitrogen and oxygen atoms in total. The fourth-order valence-corrected chi connectivity index (χ4v) is 3.58. The summed E-state index contributed by atoms with van der Waals surface area (Å²) in [6, 6.07) is 16.8. The van der Waals surface area contributed by atoms with Crippen LogP contribution in [0.2, 0.25) is 0 Å². The number of hydrogen-bond donors (Lipinski definition) is 2. The second-order valence-electron chi connectivity index (χ2n) is 7.30. The molecule has 1 saturated heterocycles. The molecule has 0 bridgehead atoms. The van der Waals surface area contributed by atoms with Gasteiger partial charge in [-0.1, -0.05) is 12.1 Å². The topological polar surface area (TPSA) is 36.5 Å². The number of nitrogens with one attached hydrogen (secondary N) is 2. The molecule has 2 N–H and O–H groups in total. The Morgan fingerprint density at radius 3 is 2.19 bits per heavy atom. The van der Waals surface area contributed by atoms with Crippen molar-refractivity contribution in [1.82, 2.24) is 5.32 Å². The average molecular weight is 384 g/mol. The van der Waals surface area contributed by atoms with E-state index < -0.39 is 0 Å².